The molecule has 0 aliphatic carbocycles. The smallest absolute Gasteiger partial charge is 0.247 e. The minimum absolute atomic E-state index is 0.184. The molecule has 0 aliphatic heterocycles. The van der Waals surface area contributed by atoms with Gasteiger partial charge in [-0.15, -0.1) is 0 Å². The van der Waals surface area contributed by atoms with Gasteiger partial charge in [-0.3, -0.25) is 9.59 Å². The molecule has 2 amide bonds. The van der Waals surface area contributed by atoms with E-state index in [0.29, 0.717) is 17.1 Å². The summed E-state index contributed by atoms with van der Waals surface area (Å²) >= 11 is 5.91. The Balaban J connectivity index is 1.85. The predicted molar refractivity (Wildman–Crippen MR) is 115 cm³/mol. The highest BCUT2D eigenvalue weighted by Crippen LogP contribution is 2.24. The lowest BCUT2D eigenvalue weighted by molar-refractivity contribution is -0.140. The average Bonchev–Trinajstić information content (AvgIpc) is 2.75. The van der Waals surface area contributed by atoms with E-state index in [0.717, 1.165) is 11.1 Å². The van der Waals surface area contributed by atoms with Crippen LogP contribution in [0.4, 0.5) is 4.39 Å². The maximum absolute atomic E-state index is 13.3. The first-order valence-electron chi connectivity index (χ1n) is 9.53. The molecule has 6 heteroatoms. The fraction of sp³-hybridized carbons (Fsp3) is 0.167. The Hall–Kier alpha value is -3.18. The van der Waals surface area contributed by atoms with Crippen LogP contribution in [0.5, 0.6) is 0 Å². The zero-order chi connectivity index (χ0) is 21.5. The Morgan fingerprint density at radius 2 is 1.53 bits per heavy atom. The molecule has 0 fully saturated rings. The van der Waals surface area contributed by atoms with E-state index in [-0.39, 0.29) is 24.2 Å². The van der Waals surface area contributed by atoms with E-state index >= 15 is 0 Å². The maximum atomic E-state index is 13.3. The molecule has 0 spiro atoms. The monoisotopic (exact) mass is 424 g/mol. The number of nitrogens with zero attached hydrogens (tertiary/aromatic N) is 1. The summed E-state index contributed by atoms with van der Waals surface area (Å²) in [5.74, 6) is -0.906. The summed E-state index contributed by atoms with van der Waals surface area (Å²) in [4.78, 5) is 27.2. The first-order chi connectivity index (χ1) is 14.4. The molecular formula is C24H22ClFN2O2. The van der Waals surface area contributed by atoms with Gasteiger partial charge < -0.3 is 10.2 Å². The fourth-order valence-electron chi connectivity index (χ4n) is 3.17. The first-order valence-corrected chi connectivity index (χ1v) is 9.90. The van der Waals surface area contributed by atoms with Gasteiger partial charge in [0.05, 0.1) is 0 Å². The molecule has 0 saturated heterocycles. The van der Waals surface area contributed by atoms with Crippen LogP contribution in [-0.2, 0) is 22.7 Å². The lowest BCUT2D eigenvalue weighted by Crippen LogP contribution is -2.42. The second-order valence-electron chi connectivity index (χ2n) is 6.93. The highest BCUT2D eigenvalue weighted by Gasteiger charge is 2.29. The summed E-state index contributed by atoms with van der Waals surface area (Å²) in [6.07, 6.45) is 0. The van der Waals surface area contributed by atoms with Crippen molar-refractivity contribution in [2.45, 2.75) is 26.1 Å². The molecule has 1 N–H and O–H groups in total. The van der Waals surface area contributed by atoms with Gasteiger partial charge in [0.15, 0.2) is 0 Å². The van der Waals surface area contributed by atoms with Gasteiger partial charge in [-0.05, 0) is 41.0 Å². The Labute approximate surface area is 180 Å². The molecule has 0 aliphatic rings. The summed E-state index contributed by atoms with van der Waals surface area (Å²) in [6, 6.07) is 21.4. The zero-order valence-corrected chi connectivity index (χ0v) is 17.3. The van der Waals surface area contributed by atoms with Crippen molar-refractivity contribution in [3.63, 3.8) is 0 Å². The molecule has 154 valence electrons. The number of rotatable bonds is 7. The van der Waals surface area contributed by atoms with Gasteiger partial charge in [0.2, 0.25) is 11.8 Å². The normalized spacial score (nSPS) is 11.6. The van der Waals surface area contributed by atoms with Gasteiger partial charge in [0.1, 0.15) is 11.9 Å². The van der Waals surface area contributed by atoms with Gasteiger partial charge in [0, 0.05) is 25.0 Å². The van der Waals surface area contributed by atoms with Crippen molar-refractivity contribution in [3.8, 4) is 0 Å². The summed E-state index contributed by atoms with van der Waals surface area (Å²) < 4.78 is 13.3. The fourth-order valence-corrected chi connectivity index (χ4v) is 3.29. The maximum Gasteiger partial charge on any atom is 0.247 e. The molecule has 0 saturated carbocycles. The standard InChI is InChI=1S/C24H22ClFN2O2/c1-17(29)28(16-19-9-13-22(26)14-10-19)23(20-5-3-2-4-6-20)24(30)27-15-18-7-11-21(25)12-8-18/h2-14,23H,15-16H2,1H3,(H,27,30)/t23-/m1/s1. The van der Waals surface area contributed by atoms with E-state index in [1.807, 2.05) is 42.5 Å². The second kappa shape index (κ2) is 10.0. The zero-order valence-electron chi connectivity index (χ0n) is 16.5. The van der Waals surface area contributed by atoms with Crippen LogP contribution in [-0.4, -0.2) is 16.7 Å². The Morgan fingerprint density at radius 1 is 0.933 bits per heavy atom. The lowest BCUT2D eigenvalue weighted by atomic mass is 10.0. The molecular weight excluding hydrogens is 403 g/mol. The van der Waals surface area contributed by atoms with Gasteiger partial charge in [-0.2, -0.15) is 0 Å². The number of benzene rings is 3. The van der Waals surface area contributed by atoms with Crippen LogP contribution in [0.25, 0.3) is 0 Å². The van der Waals surface area contributed by atoms with Crippen molar-refractivity contribution in [1.29, 1.82) is 0 Å². The number of halogens is 2. The number of nitrogens with one attached hydrogen (secondary N) is 1. The van der Waals surface area contributed by atoms with Gasteiger partial charge in [-0.25, -0.2) is 4.39 Å². The van der Waals surface area contributed by atoms with Gasteiger partial charge in [-0.1, -0.05) is 66.2 Å². The first kappa shape index (κ1) is 21.5. The third-order valence-corrected chi connectivity index (χ3v) is 4.98. The number of carbonyl (C=O) groups excluding carboxylic acids is 2. The third kappa shape index (κ3) is 5.67. The van der Waals surface area contributed by atoms with E-state index < -0.39 is 6.04 Å². The van der Waals surface area contributed by atoms with E-state index in [1.165, 1.54) is 24.0 Å². The van der Waals surface area contributed by atoms with E-state index in [4.69, 9.17) is 11.6 Å². The van der Waals surface area contributed by atoms with Crippen molar-refractivity contribution in [2.75, 3.05) is 0 Å². The Kier molecular flexibility index (Phi) is 7.20. The van der Waals surface area contributed by atoms with Crippen LogP contribution in [0.15, 0.2) is 78.9 Å². The molecule has 30 heavy (non-hydrogen) atoms. The minimum atomic E-state index is -0.818. The highest BCUT2D eigenvalue weighted by atomic mass is 35.5. The van der Waals surface area contributed by atoms with E-state index in [1.54, 1.807) is 24.3 Å². The molecule has 1 atom stereocenters. The number of hydrogen-bond acceptors (Lipinski definition) is 2. The second-order valence-corrected chi connectivity index (χ2v) is 7.37. The SMILES string of the molecule is CC(=O)N(Cc1ccc(F)cc1)[C@@H](C(=O)NCc1ccc(Cl)cc1)c1ccccc1. The van der Waals surface area contributed by atoms with Crippen molar-refractivity contribution in [1.82, 2.24) is 10.2 Å². The molecule has 0 unspecified atom stereocenters. The van der Waals surface area contributed by atoms with Crippen LogP contribution in [0.1, 0.15) is 29.7 Å². The topological polar surface area (TPSA) is 49.4 Å². The summed E-state index contributed by atoms with van der Waals surface area (Å²) in [6.45, 7) is 1.91. The summed E-state index contributed by atoms with van der Waals surface area (Å²) in [7, 11) is 0. The van der Waals surface area contributed by atoms with Crippen molar-refractivity contribution < 1.29 is 14.0 Å². The van der Waals surface area contributed by atoms with Crippen LogP contribution in [0.2, 0.25) is 5.02 Å². The third-order valence-electron chi connectivity index (χ3n) is 4.73. The number of hydrogen-bond donors (Lipinski definition) is 1. The van der Waals surface area contributed by atoms with Crippen molar-refractivity contribution in [3.05, 3.63) is 106 Å². The Morgan fingerprint density at radius 3 is 2.13 bits per heavy atom. The molecule has 0 aromatic heterocycles. The van der Waals surface area contributed by atoms with Gasteiger partial charge in [0.25, 0.3) is 0 Å². The molecule has 0 heterocycles. The van der Waals surface area contributed by atoms with Crippen LogP contribution < -0.4 is 5.32 Å². The Bertz CT molecular complexity index is 992. The van der Waals surface area contributed by atoms with E-state index in [2.05, 4.69) is 5.32 Å². The predicted octanol–water partition coefficient (Wildman–Crippen LogP) is 4.89. The van der Waals surface area contributed by atoms with Crippen LogP contribution in [0.3, 0.4) is 0 Å². The summed E-state index contributed by atoms with van der Waals surface area (Å²) in [5.41, 5.74) is 2.33. The molecule has 0 radical (unpaired) electrons. The highest BCUT2D eigenvalue weighted by molar-refractivity contribution is 6.30. The van der Waals surface area contributed by atoms with E-state index in [9.17, 15) is 14.0 Å². The van der Waals surface area contributed by atoms with Gasteiger partial charge >= 0.3 is 0 Å². The average molecular weight is 425 g/mol. The molecule has 3 aromatic carbocycles. The lowest BCUT2D eigenvalue weighted by Gasteiger charge is -2.30. The summed E-state index contributed by atoms with van der Waals surface area (Å²) in [5, 5.41) is 3.53. The number of amides is 2. The van der Waals surface area contributed by atoms with Crippen molar-refractivity contribution in [2.24, 2.45) is 0 Å². The largest absolute Gasteiger partial charge is 0.350 e. The van der Waals surface area contributed by atoms with Crippen LogP contribution >= 0.6 is 11.6 Å². The molecule has 3 rings (SSSR count). The molecule has 4 nitrogen and oxygen atoms in total. The number of carbonyl (C=O) groups is 2. The van der Waals surface area contributed by atoms with Crippen LogP contribution in [0, 0.1) is 5.82 Å². The quantitative estimate of drug-likeness (QED) is 0.587. The minimum Gasteiger partial charge on any atom is -0.350 e. The molecule has 3 aromatic rings. The molecule has 0 bridgehead atoms. The van der Waals surface area contributed by atoms with Crippen molar-refractivity contribution >= 4 is 23.4 Å².